The highest BCUT2D eigenvalue weighted by Crippen LogP contribution is 2.33. The van der Waals surface area contributed by atoms with E-state index in [0.29, 0.717) is 0 Å². The molecule has 0 spiro atoms. The van der Waals surface area contributed by atoms with Crippen LogP contribution in [0.4, 0.5) is 0 Å². The standard InChI is InChI=1S/C10H17N3/c1(2-9-3-4-9)5-11-8-10-12-6-7-13-10/h6-7,9,11H,1-5,8H2,(H,12,13). The first-order valence-electron chi connectivity index (χ1n) is 5.14. The number of aromatic nitrogens is 2. The van der Waals surface area contributed by atoms with Crippen molar-refractivity contribution in [3.63, 3.8) is 0 Å². The summed E-state index contributed by atoms with van der Waals surface area (Å²) in [6.45, 7) is 1.99. The van der Waals surface area contributed by atoms with Crippen molar-refractivity contribution in [1.29, 1.82) is 0 Å². The van der Waals surface area contributed by atoms with Gasteiger partial charge in [-0.15, -0.1) is 0 Å². The summed E-state index contributed by atoms with van der Waals surface area (Å²) >= 11 is 0. The van der Waals surface area contributed by atoms with Gasteiger partial charge in [0.25, 0.3) is 0 Å². The Balaban J connectivity index is 1.48. The molecule has 0 unspecified atom stereocenters. The van der Waals surface area contributed by atoms with E-state index in [-0.39, 0.29) is 0 Å². The highest BCUT2D eigenvalue weighted by molar-refractivity contribution is 4.85. The molecule has 0 aromatic carbocycles. The molecule has 0 radical (unpaired) electrons. The molecule has 13 heavy (non-hydrogen) atoms. The Labute approximate surface area is 79.0 Å². The van der Waals surface area contributed by atoms with Crippen molar-refractivity contribution >= 4 is 0 Å². The van der Waals surface area contributed by atoms with Gasteiger partial charge in [0.15, 0.2) is 0 Å². The van der Waals surface area contributed by atoms with Crippen molar-refractivity contribution in [3.8, 4) is 0 Å². The largest absolute Gasteiger partial charge is 0.348 e. The lowest BCUT2D eigenvalue weighted by molar-refractivity contribution is 0.585. The zero-order valence-corrected chi connectivity index (χ0v) is 7.92. The number of hydrogen-bond acceptors (Lipinski definition) is 2. The van der Waals surface area contributed by atoms with Crippen molar-refractivity contribution in [2.24, 2.45) is 5.92 Å². The van der Waals surface area contributed by atoms with Crippen molar-refractivity contribution in [2.45, 2.75) is 32.2 Å². The Bertz CT molecular complexity index is 226. The van der Waals surface area contributed by atoms with E-state index in [1.807, 2.05) is 6.20 Å². The molecule has 0 atom stereocenters. The number of aromatic amines is 1. The predicted molar refractivity (Wildman–Crippen MR) is 52.3 cm³/mol. The molecule has 0 aliphatic heterocycles. The van der Waals surface area contributed by atoms with Crippen LogP contribution in [0.2, 0.25) is 0 Å². The number of hydrogen-bond donors (Lipinski definition) is 2. The maximum atomic E-state index is 4.14. The third-order valence-corrected chi connectivity index (χ3v) is 2.51. The second kappa shape index (κ2) is 4.42. The molecule has 1 fully saturated rings. The number of imidazole rings is 1. The topological polar surface area (TPSA) is 40.7 Å². The smallest absolute Gasteiger partial charge is 0.120 e. The number of nitrogens with zero attached hydrogens (tertiary/aromatic N) is 1. The van der Waals surface area contributed by atoms with E-state index in [4.69, 9.17) is 0 Å². The van der Waals surface area contributed by atoms with E-state index in [9.17, 15) is 0 Å². The fourth-order valence-electron chi connectivity index (χ4n) is 1.52. The van der Waals surface area contributed by atoms with E-state index < -0.39 is 0 Å². The lowest BCUT2D eigenvalue weighted by Crippen LogP contribution is -2.15. The Morgan fingerprint density at radius 3 is 3.15 bits per heavy atom. The maximum Gasteiger partial charge on any atom is 0.120 e. The normalized spacial score (nSPS) is 16.3. The second-order valence-electron chi connectivity index (χ2n) is 3.80. The van der Waals surface area contributed by atoms with Gasteiger partial charge in [-0.25, -0.2) is 4.98 Å². The van der Waals surface area contributed by atoms with E-state index in [0.717, 1.165) is 24.8 Å². The van der Waals surface area contributed by atoms with Crippen LogP contribution in [0.5, 0.6) is 0 Å². The summed E-state index contributed by atoms with van der Waals surface area (Å²) < 4.78 is 0. The number of H-pyrrole nitrogens is 1. The monoisotopic (exact) mass is 179 g/mol. The fraction of sp³-hybridized carbons (Fsp3) is 0.700. The zero-order chi connectivity index (χ0) is 8.93. The highest BCUT2D eigenvalue weighted by atomic mass is 15.0. The summed E-state index contributed by atoms with van der Waals surface area (Å²) in [6, 6.07) is 0. The van der Waals surface area contributed by atoms with E-state index in [1.54, 1.807) is 6.20 Å². The third-order valence-electron chi connectivity index (χ3n) is 2.51. The first-order valence-corrected chi connectivity index (χ1v) is 5.14. The lowest BCUT2D eigenvalue weighted by atomic mass is 10.2. The molecule has 1 saturated carbocycles. The molecule has 0 saturated heterocycles. The summed E-state index contributed by atoms with van der Waals surface area (Å²) in [5.74, 6) is 2.09. The minimum atomic E-state index is 0.873. The molecule has 2 N–H and O–H groups in total. The van der Waals surface area contributed by atoms with Crippen LogP contribution in [-0.4, -0.2) is 16.5 Å². The average molecular weight is 179 g/mol. The van der Waals surface area contributed by atoms with Gasteiger partial charge in [0.05, 0.1) is 6.54 Å². The van der Waals surface area contributed by atoms with Gasteiger partial charge in [-0.3, -0.25) is 0 Å². The first kappa shape index (κ1) is 8.75. The molecule has 72 valence electrons. The molecule has 3 heteroatoms. The minimum absolute atomic E-state index is 0.873. The van der Waals surface area contributed by atoms with Crippen molar-refractivity contribution < 1.29 is 0 Å². The van der Waals surface area contributed by atoms with Crippen LogP contribution in [0.15, 0.2) is 12.4 Å². The maximum absolute atomic E-state index is 4.14. The van der Waals surface area contributed by atoms with Crippen LogP contribution >= 0.6 is 0 Å². The molecule has 1 aromatic heterocycles. The van der Waals surface area contributed by atoms with E-state index in [2.05, 4.69) is 15.3 Å². The highest BCUT2D eigenvalue weighted by Gasteiger charge is 2.19. The van der Waals surface area contributed by atoms with E-state index >= 15 is 0 Å². The molecule has 1 aromatic rings. The van der Waals surface area contributed by atoms with Gasteiger partial charge in [0, 0.05) is 12.4 Å². The van der Waals surface area contributed by atoms with E-state index in [1.165, 1.54) is 25.7 Å². The molecular weight excluding hydrogens is 162 g/mol. The Kier molecular flexibility index (Phi) is 2.98. The van der Waals surface area contributed by atoms with Gasteiger partial charge in [-0.05, 0) is 25.3 Å². The van der Waals surface area contributed by atoms with Gasteiger partial charge in [0.2, 0.25) is 0 Å². The lowest BCUT2D eigenvalue weighted by Gasteiger charge is -2.01. The summed E-state index contributed by atoms with van der Waals surface area (Å²) in [6.07, 6.45) is 9.31. The average Bonchev–Trinajstić information content (AvgIpc) is 2.81. The number of nitrogens with one attached hydrogen (secondary N) is 2. The number of rotatable bonds is 6. The van der Waals surface area contributed by atoms with Crippen LogP contribution in [0.1, 0.15) is 31.5 Å². The SMILES string of the molecule is c1c[nH]c(CNCCCC2CC2)n1. The Hall–Kier alpha value is -0.830. The van der Waals surface area contributed by atoms with Gasteiger partial charge in [-0.1, -0.05) is 12.8 Å². The fourth-order valence-corrected chi connectivity index (χ4v) is 1.52. The second-order valence-corrected chi connectivity index (χ2v) is 3.80. The van der Waals surface area contributed by atoms with Crippen molar-refractivity contribution in [1.82, 2.24) is 15.3 Å². The van der Waals surface area contributed by atoms with Gasteiger partial charge in [0.1, 0.15) is 5.82 Å². The predicted octanol–water partition coefficient (Wildman–Crippen LogP) is 1.69. The van der Waals surface area contributed by atoms with Crippen LogP contribution in [0, 0.1) is 5.92 Å². The summed E-state index contributed by atoms with van der Waals surface area (Å²) in [5.41, 5.74) is 0. The van der Waals surface area contributed by atoms with Crippen LogP contribution in [0.25, 0.3) is 0 Å². The van der Waals surface area contributed by atoms with Crippen molar-refractivity contribution in [2.75, 3.05) is 6.54 Å². The summed E-state index contributed by atoms with van der Waals surface area (Å²) in [5, 5.41) is 3.38. The van der Waals surface area contributed by atoms with Gasteiger partial charge in [-0.2, -0.15) is 0 Å². The first-order chi connectivity index (χ1) is 6.45. The molecule has 1 aliphatic rings. The Morgan fingerprint density at radius 2 is 2.46 bits per heavy atom. The van der Waals surface area contributed by atoms with Crippen LogP contribution in [-0.2, 0) is 6.54 Å². The minimum Gasteiger partial charge on any atom is -0.348 e. The molecule has 1 heterocycles. The van der Waals surface area contributed by atoms with Crippen LogP contribution in [0.3, 0.4) is 0 Å². The summed E-state index contributed by atoms with van der Waals surface area (Å²) in [7, 11) is 0. The summed E-state index contributed by atoms with van der Waals surface area (Å²) in [4.78, 5) is 7.22. The van der Waals surface area contributed by atoms with Gasteiger partial charge < -0.3 is 10.3 Å². The molecular formula is C10H17N3. The molecule has 1 aliphatic carbocycles. The van der Waals surface area contributed by atoms with Crippen molar-refractivity contribution in [3.05, 3.63) is 18.2 Å². The molecule has 2 rings (SSSR count). The quantitative estimate of drug-likeness (QED) is 0.652. The molecule has 0 amide bonds. The molecule has 3 nitrogen and oxygen atoms in total. The molecule has 0 bridgehead atoms. The van der Waals surface area contributed by atoms with Gasteiger partial charge >= 0.3 is 0 Å². The van der Waals surface area contributed by atoms with Crippen LogP contribution < -0.4 is 5.32 Å². The Morgan fingerprint density at radius 1 is 1.54 bits per heavy atom. The third kappa shape index (κ3) is 3.19. The zero-order valence-electron chi connectivity index (χ0n) is 7.92.